The van der Waals surface area contributed by atoms with Crippen molar-refractivity contribution in [3.05, 3.63) is 0 Å². The molecule has 0 aromatic carbocycles. The lowest BCUT2D eigenvalue weighted by Crippen LogP contribution is -2.33. The largest absolute Gasteiger partial charge is 0.387 e. The highest BCUT2D eigenvalue weighted by molar-refractivity contribution is 9.09. The van der Waals surface area contributed by atoms with Gasteiger partial charge in [-0.1, -0.05) is 15.9 Å². The third kappa shape index (κ3) is 4.74. The Kier molecular flexibility index (Phi) is 7.26. The zero-order valence-corrected chi connectivity index (χ0v) is 8.50. The monoisotopic (exact) mass is 226 g/mol. The average Bonchev–Trinajstić information content (AvgIpc) is 2.03. The molecule has 0 heterocycles. The number of aliphatic hydroxyl groups excluding tert-OH is 1. The van der Waals surface area contributed by atoms with Crippen molar-refractivity contribution < 1.29 is 14.6 Å². The lowest BCUT2D eigenvalue weighted by atomic mass is 10.4. The molecular formula is C7H15BrO3. The summed E-state index contributed by atoms with van der Waals surface area (Å²) in [6.45, 7) is 4.84. The van der Waals surface area contributed by atoms with Gasteiger partial charge in [-0.2, -0.15) is 0 Å². The molecule has 0 aromatic heterocycles. The first-order chi connectivity index (χ1) is 5.26. The molecule has 68 valence electrons. The second kappa shape index (κ2) is 7.03. The highest BCUT2D eigenvalue weighted by Crippen LogP contribution is 2.04. The quantitative estimate of drug-likeness (QED) is 0.546. The van der Waals surface area contributed by atoms with Crippen LogP contribution in [0.2, 0.25) is 0 Å². The first-order valence-corrected chi connectivity index (χ1v) is 4.85. The summed E-state index contributed by atoms with van der Waals surface area (Å²) in [5.74, 6) is 0. The Labute approximate surface area is 75.8 Å². The first kappa shape index (κ1) is 11.4. The van der Waals surface area contributed by atoms with Crippen LogP contribution in [0.15, 0.2) is 0 Å². The van der Waals surface area contributed by atoms with Gasteiger partial charge >= 0.3 is 0 Å². The molecule has 0 aliphatic carbocycles. The van der Waals surface area contributed by atoms with Gasteiger partial charge in [0.2, 0.25) is 0 Å². The molecule has 0 fully saturated rings. The van der Waals surface area contributed by atoms with E-state index in [4.69, 9.17) is 9.47 Å². The summed E-state index contributed by atoms with van der Waals surface area (Å²) in [6, 6.07) is 0. The summed E-state index contributed by atoms with van der Waals surface area (Å²) in [6.07, 6.45) is -1.08. The van der Waals surface area contributed by atoms with Crippen molar-refractivity contribution in [2.75, 3.05) is 18.5 Å². The van der Waals surface area contributed by atoms with Crippen LogP contribution in [0.4, 0.5) is 0 Å². The van der Waals surface area contributed by atoms with Crippen LogP contribution in [-0.4, -0.2) is 36.0 Å². The minimum Gasteiger partial charge on any atom is -0.387 e. The van der Waals surface area contributed by atoms with Crippen molar-refractivity contribution in [3.63, 3.8) is 0 Å². The Bertz CT molecular complexity index is 83.8. The van der Waals surface area contributed by atoms with E-state index in [2.05, 4.69) is 15.9 Å². The van der Waals surface area contributed by atoms with Gasteiger partial charge in [0.05, 0.1) is 0 Å². The van der Waals surface area contributed by atoms with E-state index in [1.807, 2.05) is 13.8 Å². The minimum atomic E-state index is -0.588. The maximum Gasteiger partial charge on any atom is 0.184 e. The molecule has 0 rings (SSSR count). The maximum absolute atomic E-state index is 9.28. The van der Waals surface area contributed by atoms with Gasteiger partial charge < -0.3 is 14.6 Å². The number of halogens is 1. The number of hydrogen-bond donors (Lipinski definition) is 1. The molecule has 1 atom stereocenters. The second-order valence-electron chi connectivity index (χ2n) is 2.00. The van der Waals surface area contributed by atoms with Crippen molar-refractivity contribution >= 4 is 15.9 Å². The van der Waals surface area contributed by atoms with Gasteiger partial charge in [-0.15, -0.1) is 0 Å². The Morgan fingerprint density at radius 1 is 1.27 bits per heavy atom. The van der Waals surface area contributed by atoms with Gasteiger partial charge in [-0.05, 0) is 13.8 Å². The highest BCUT2D eigenvalue weighted by Gasteiger charge is 2.17. The van der Waals surface area contributed by atoms with Crippen LogP contribution in [0.25, 0.3) is 0 Å². The summed E-state index contributed by atoms with van der Waals surface area (Å²) in [5, 5.41) is 9.75. The number of ether oxygens (including phenoxy) is 2. The van der Waals surface area contributed by atoms with Gasteiger partial charge in [0.15, 0.2) is 6.29 Å². The Hall–Kier alpha value is 0.360. The molecule has 1 unspecified atom stereocenters. The minimum absolute atomic E-state index is 0.470. The zero-order chi connectivity index (χ0) is 8.69. The molecule has 0 radical (unpaired) electrons. The molecule has 0 amide bonds. The van der Waals surface area contributed by atoms with Crippen LogP contribution in [0.3, 0.4) is 0 Å². The van der Waals surface area contributed by atoms with Crippen LogP contribution in [0.5, 0.6) is 0 Å². The predicted molar refractivity (Wildman–Crippen MR) is 46.8 cm³/mol. The summed E-state index contributed by atoms with van der Waals surface area (Å²) < 4.78 is 10.3. The van der Waals surface area contributed by atoms with Crippen molar-refractivity contribution in [2.45, 2.75) is 26.2 Å². The van der Waals surface area contributed by atoms with Gasteiger partial charge in [0.25, 0.3) is 0 Å². The summed E-state index contributed by atoms with van der Waals surface area (Å²) in [5.41, 5.74) is 0. The number of alkyl halides is 1. The van der Waals surface area contributed by atoms with Gasteiger partial charge in [0.1, 0.15) is 6.10 Å². The second-order valence-corrected chi connectivity index (χ2v) is 2.65. The van der Waals surface area contributed by atoms with Gasteiger partial charge in [-0.3, -0.25) is 0 Å². The van der Waals surface area contributed by atoms with Crippen molar-refractivity contribution in [1.29, 1.82) is 0 Å². The maximum atomic E-state index is 9.28. The fraction of sp³-hybridized carbons (Fsp3) is 1.00. The van der Waals surface area contributed by atoms with E-state index in [9.17, 15) is 5.11 Å². The molecule has 1 N–H and O–H groups in total. The third-order valence-corrected chi connectivity index (χ3v) is 1.80. The first-order valence-electron chi connectivity index (χ1n) is 3.73. The fourth-order valence-electron chi connectivity index (χ4n) is 0.672. The van der Waals surface area contributed by atoms with Crippen LogP contribution >= 0.6 is 15.9 Å². The molecule has 0 aromatic rings. The van der Waals surface area contributed by atoms with E-state index < -0.39 is 12.4 Å². The predicted octanol–water partition coefficient (Wildman–Crippen LogP) is 1.14. The average molecular weight is 227 g/mol. The SMILES string of the molecule is CCOC(OCC)C(O)CBr. The van der Waals surface area contributed by atoms with Crippen molar-refractivity contribution in [1.82, 2.24) is 0 Å². The van der Waals surface area contributed by atoms with Crippen molar-refractivity contribution in [3.8, 4) is 0 Å². The Morgan fingerprint density at radius 3 is 2.00 bits per heavy atom. The molecule has 11 heavy (non-hydrogen) atoms. The fourth-order valence-corrected chi connectivity index (χ4v) is 0.977. The summed E-state index contributed by atoms with van der Waals surface area (Å²) in [4.78, 5) is 0. The number of hydrogen-bond acceptors (Lipinski definition) is 3. The van der Waals surface area contributed by atoms with Crippen molar-refractivity contribution in [2.24, 2.45) is 0 Å². The Morgan fingerprint density at radius 2 is 1.73 bits per heavy atom. The van der Waals surface area contributed by atoms with E-state index in [1.165, 1.54) is 0 Å². The molecule has 0 aliphatic heterocycles. The number of aliphatic hydroxyl groups is 1. The van der Waals surface area contributed by atoms with Crippen LogP contribution in [0, 0.1) is 0 Å². The third-order valence-electron chi connectivity index (χ3n) is 1.13. The van der Waals surface area contributed by atoms with Gasteiger partial charge in [-0.25, -0.2) is 0 Å². The summed E-state index contributed by atoms with van der Waals surface area (Å²) in [7, 11) is 0. The van der Waals surface area contributed by atoms with E-state index in [0.29, 0.717) is 18.5 Å². The lowest BCUT2D eigenvalue weighted by molar-refractivity contribution is -0.183. The molecule has 0 spiro atoms. The smallest absolute Gasteiger partial charge is 0.184 e. The van der Waals surface area contributed by atoms with Crippen LogP contribution in [0.1, 0.15) is 13.8 Å². The molecule has 4 heteroatoms. The Balaban J connectivity index is 3.66. The molecule has 0 aliphatic rings. The molecule has 0 bridgehead atoms. The topological polar surface area (TPSA) is 38.7 Å². The zero-order valence-electron chi connectivity index (χ0n) is 6.92. The van der Waals surface area contributed by atoms with E-state index >= 15 is 0 Å². The van der Waals surface area contributed by atoms with Crippen LogP contribution < -0.4 is 0 Å². The lowest BCUT2D eigenvalue weighted by Gasteiger charge is -2.20. The van der Waals surface area contributed by atoms with E-state index in [1.54, 1.807) is 0 Å². The standard InChI is InChI=1S/C7H15BrO3/c1-3-10-7(11-4-2)6(9)5-8/h6-7,9H,3-5H2,1-2H3. The molecule has 0 saturated heterocycles. The molecular weight excluding hydrogens is 212 g/mol. The highest BCUT2D eigenvalue weighted by atomic mass is 79.9. The van der Waals surface area contributed by atoms with E-state index in [-0.39, 0.29) is 0 Å². The molecule has 3 nitrogen and oxygen atoms in total. The van der Waals surface area contributed by atoms with Crippen LogP contribution in [-0.2, 0) is 9.47 Å². The van der Waals surface area contributed by atoms with Gasteiger partial charge in [0, 0.05) is 18.5 Å². The molecule has 0 saturated carbocycles. The summed E-state index contributed by atoms with van der Waals surface area (Å²) >= 11 is 3.15. The normalized spacial score (nSPS) is 13.9. The van der Waals surface area contributed by atoms with E-state index in [0.717, 1.165) is 0 Å². The number of rotatable bonds is 6.